The Balaban J connectivity index is 0.000000238. The molecule has 172 valence electrons. The van der Waals surface area contributed by atoms with Crippen molar-refractivity contribution in [1.82, 2.24) is 0 Å². The number of aliphatic carboxylic acids is 1. The standard InChI is InChI=1S/C15H15NO2.C9H6Cl2O4/c1-16-14-10-12(11-6-4-3-5-7-11)8-9-13(14)15(17)18-2;10-6-1-5(3-12)9(7(11)2-6)15-4-8(13)14/h3-10,16H,1-2H3;1-3H,4H2,(H,13,14). The minimum atomic E-state index is -1.15. The van der Waals surface area contributed by atoms with Crippen LogP contribution in [0.1, 0.15) is 20.7 Å². The zero-order chi connectivity index (χ0) is 24.4. The highest BCUT2D eigenvalue weighted by Gasteiger charge is 2.12. The van der Waals surface area contributed by atoms with Crippen LogP contribution in [0.2, 0.25) is 10.0 Å². The monoisotopic (exact) mass is 489 g/mol. The van der Waals surface area contributed by atoms with E-state index in [4.69, 9.17) is 37.8 Å². The first-order valence-electron chi connectivity index (χ1n) is 9.55. The van der Waals surface area contributed by atoms with Crippen molar-refractivity contribution in [3.8, 4) is 16.9 Å². The van der Waals surface area contributed by atoms with Crippen molar-refractivity contribution in [3.63, 3.8) is 0 Å². The molecular weight excluding hydrogens is 469 g/mol. The lowest BCUT2D eigenvalue weighted by molar-refractivity contribution is -0.139. The van der Waals surface area contributed by atoms with Crippen molar-refractivity contribution in [2.75, 3.05) is 26.1 Å². The lowest BCUT2D eigenvalue weighted by Gasteiger charge is -2.10. The number of carbonyl (C=O) groups is 3. The van der Waals surface area contributed by atoms with Crippen molar-refractivity contribution in [2.24, 2.45) is 0 Å². The quantitative estimate of drug-likeness (QED) is 0.335. The molecule has 0 heterocycles. The van der Waals surface area contributed by atoms with E-state index in [0.29, 0.717) is 11.8 Å². The lowest BCUT2D eigenvalue weighted by Crippen LogP contribution is -2.10. The van der Waals surface area contributed by atoms with E-state index in [1.54, 1.807) is 13.1 Å². The third kappa shape index (κ3) is 7.24. The molecule has 0 unspecified atom stereocenters. The molecule has 0 fully saturated rings. The largest absolute Gasteiger partial charge is 0.480 e. The van der Waals surface area contributed by atoms with Crippen LogP contribution in [0.5, 0.6) is 5.75 Å². The molecule has 9 heteroatoms. The van der Waals surface area contributed by atoms with Crippen LogP contribution in [0, 0.1) is 0 Å². The zero-order valence-corrected chi connectivity index (χ0v) is 19.3. The van der Waals surface area contributed by atoms with Crippen molar-refractivity contribution < 1.29 is 29.0 Å². The number of hydrogen-bond acceptors (Lipinski definition) is 6. The Morgan fingerprint density at radius 3 is 2.30 bits per heavy atom. The molecule has 3 aromatic rings. The molecular formula is C24H21Cl2NO6. The van der Waals surface area contributed by atoms with Gasteiger partial charge >= 0.3 is 11.9 Å². The van der Waals surface area contributed by atoms with Crippen LogP contribution < -0.4 is 10.1 Å². The second-order valence-electron chi connectivity index (χ2n) is 6.47. The first-order chi connectivity index (χ1) is 15.8. The number of aldehydes is 1. The number of nitrogens with one attached hydrogen (secondary N) is 1. The van der Waals surface area contributed by atoms with Gasteiger partial charge in [0.05, 0.1) is 23.3 Å². The van der Waals surface area contributed by atoms with Gasteiger partial charge in [-0.15, -0.1) is 0 Å². The van der Waals surface area contributed by atoms with Crippen LogP contribution in [-0.2, 0) is 9.53 Å². The summed E-state index contributed by atoms with van der Waals surface area (Å²) in [6.07, 6.45) is 0.495. The van der Waals surface area contributed by atoms with E-state index >= 15 is 0 Å². The molecule has 0 aliphatic carbocycles. The maximum absolute atomic E-state index is 11.6. The number of carbonyl (C=O) groups excluding carboxylic acids is 2. The fraction of sp³-hybridized carbons (Fsp3) is 0.125. The molecule has 0 spiro atoms. The number of methoxy groups -OCH3 is 1. The van der Waals surface area contributed by atoms with Gasteiger partial charge in [0.25, 0.3) is 0 Å². The second kappa shape index (κ2) is 12.5. The highest BCUT2D eigenvalue weighted by Crippen LogP contribution is 2.31. The van der Waals surface area contributed by atoms with Crippen LogP contribution in [0.15, 0.2) is 60.7 Å². The average molecular weight is 490 g/mol. The molecule has 3 aromatic carbocycles. The molecule has 0 saturated heterocycles. The molecule has 0 saturated carbocycles. The average Bonchev–Trinajstić information content (AvgIpc) is 2.82. The van der Waals surface area contributed by atoms with Crippen molar-refractivity contribution in [1.29, 1.82) is 0 Å². The Morgan fingerprint density at radius 2 is 1.73 bits per heavy atom. The summed E-state index contributed by atoms with van der Waals surface area (Å²) in [5, 5.41) is 11.8. The molecule has 0 amide bonds. The molecule has 0 aliphatic heterocycles. The first kappa shape index (κ1) is 25.7. The molecule has 0 radical (unpaired) electrons. The minimum Gasteiger partial charge on any atom is -0.480 e. The maximum Gasteiger partial charge on any atom is 0.341 e. The van der Waals surface area contributed by atoms with E-state index in [9.17, 15) is 14.4 Å². The van der Waals surface area contributed by atoms with Crippen LogP contribution in [0.25, 0.3) is 11.1 Å². The van der Waals surface area contributed by atoms with Crippen LogP contribution in [0.3, 0.4) is 0 Å². The van der Waals surface area contributed by atoms with Gasteiger partial charge in [-0.2, -0.15) is 0 Å². The highest BCUT2D eigenvalue weighted by atomic mass is 35.5. The highest BCUT2D eigenvalue weighted by molar-refractivity contribution is 6.36. The Hall–Kier alpha value is -3.55. The van der Waals surface area contributed by atoms with Gasteiger partial charge in [-0.05, 0) is 35.4 Å². The van der Waals surface area contributed by atoms with Gasteiger partial charge in [0, 0.05) is 17.8 Å². The van der Waals surface area contributed by atoms with Gasteiger partial charge in [0.1, 0.15) is 5.75 Å². The molecule has 2 N–H and O–H groups in total. The van der Waals surface area contributed by atoms with Crippen molar-refractivity contribution in [3.05, 3.63) is 81.8 Å². The summed E-state index contributed by atoms with van der Waals surface area (Å²) < 4.78 is 9.60. The molecule has 0 aliphatic rings. The van der Waals surface area contributed by atoms with Gasteiger partial charge in [-0.1, -0.05) is 59.6 Å². The smallest absolute Gasteiger partial charge is 0.341 e. The first-order valence-corrected chi connectivity index (χ1v) is 10.3. The minimum absolute atomic E-state index is 0.0264. The fourth-order valence-corrected chi connectivity index (χ4v) is 3.37. The number of rotatable bonds is 7. The second-order valence-corrected chi connectivity index (χ2v) is 7.32. The summed E-state index contributed by atoms with van der Waals surface area (Å²) in [6.45, 7) is -0.567. The van der Waals surface area contributed by atoms with Gasteiger partial charge < -0.3 is 19.9 Å². The number of anilines is 1. The van der Waals surface area contributed by atoms with E-state index in [2.05, 4.69) is 5.32 Å². The SMILES string of the molecule is CNc1cc(-c2ccccc2)ccc1C(=O)OC.O=Cc1cc(Cl)cc(Cl)c1OCC(=O)O. The summed E-state index contributed by atoms with van der Waals surface area (Å²) in [4.78, 5) is 32.5. The Labute approximate surface area is 200 Å². The van der Waals surface area contributed by atoms with Gasteiger partial charge in [-0.25, -0.2) is 9.59 Å². The van der Waals surface area contributed by atoms with Gasteiger partial charge in [-0.3, -0.25) is 4.79 Å². The number of carboxylic acids is 1. The van der Waals surface area contributed by atoms with Crippen LogP contribution in [0.4, 0.5) is 5.69 Å². The third-order valence-corrected chi connectivity index (χ3v) is 4.80. The third-order valence-electron chi connectivity index (χ3n) is 4.31. The molecule has 3 rings (SSSR count). The van der Waals surface area contributed by atoms with Gasteiger partial charge in [0.2, 0.25) is 0 Å². The normalized spacial score (nSPS) is 9.82. The van der Waals surface area contributed by atoms with E-state index < -0.39 is 12.6 Å². The number of carboxylic acid groups (broad SMARTS) is 1. The maximum atomic E-state index is 11.6. The van der Waals surface area contributed by atoms with E-state index in [1.165, 1.54) is 19.2 Å². The Morgan fingerprint density at radius 1 is 1.03 bits per heavy atom. The number of hydrogen-bond donors (Lipinski definition) is 2. The summed E-state index contributed by atoms with van der Waals surface area (Å²) in [5.41, 5.74) is 3.61. The number of esters is 1. The van der Waals surface area contributed by atoms with E-state index in [0.717, 1.165) is 16.8 Å². The molecule has 7 nitrogen and oxygen atoms in total. The van der Waals surface area contributed by atoms with E-state index in [1.807, 2.05) is 42.5 Å². The van der Waals surface area contributed by atoms with Gasteiger partial charge in [0.15, 0.2) is 12.9 Å². The van der Waals surface area contributed by atoms with Crippen molar-refractivity contribution in [2.45, 2.75) is 0 Å². The van der Waals surface area contributed by atoms with E-state index in [-0.39, 0.29) is 27.3 Å². The number of benzene rings is 3. The molecule has 0 aromatic heterocycles. The van der Waals surface area contributed by atoms with Crippen LogP contribution in [-0.4, -0.2) is 44.1 Å². The van der Waals surface area contributed by atoms with Crippen LogP contribution >= 0.6 is 23.2 Å². The Bertz CT molecular complexity index is 1140. The molecule has 0 bridgehead atoms. The molecule has 0 atom stereocenters. The number of halogens is 2. The predicted molar refractivity (Wildman–Crippen MR) is 128 cm³/mol. The summed E-state index contributed by atoms with van der Waals surface area (Å²) in [7, 11) is 3.17. The number of ether oxygens (including phenoxy) is 2. The summed E-state index contributed by atoms with van der Waals surface area (Å²) in [5.74, 6) is -1.46. The molecule has 33 heavy (non-hydrogen) atoms. The zero-order valence-electron chi connectivity index (χ0n) is 17.8. The predicted octanol–water partition coefficient (Wildman–Crippen LogP) is 5.45. The summed E-state index contributed by atoms with van der Waals surface area (Å²) >= 11 is 11.4. The Kier molecular flexibility index (Phi) is 9.72. The summed E-state index contributed by atoms with van der Waals surface area (Å²) in [6, 6.07) is 18.4. The fourth-order valence-electron chi connectivity index (χ4n) is 2.80. The van der Waals surface area contributed by atoms with Crippen molar-refractivity contribution >= 4 is 47.1 Å². The lowest BCUT2D eigenvalue weighted by atomic mass is 10.0. The topological polar surface area (TPSA) is 102 Å².